The molecule has 28 heavy (non-hydrogen) atoms. The predicted octanol–water partition coefficient (Wildman–Crippen LogP) is 1.32. The van der Waals surface area contributed by atoms with Crippen LogP contribution >= 0.6 is 11.8 Å². The molecule has 10 heteroatoms. The average Bonchev–Trinajstić information content (AvgIpc) is 3.27. The third kappa shape index (κ3) is 3.52. The van der Waals surface area contributed by atoms with Crippen molar-refractivity contribution >= 4 is 34.9 Å². The zero-order valence-corrected chi connectivity index (χ0v) is 16.0. The van der Waals surface area contributed by atoms with Crippen LogP contribution in [-0.2, 0) is 14.3 Å². The van der Waals surface area contributed by atoms with E-state index < -0.39 is 11.1 Å². The van der Waals surface area contributed by atoms with E-state index >= 15 is 0 Å². The average molecular weight is 406 g/mol. The zero-order chi connectivity index (χ0) is 19.7. The number of amides is 3. The Balaban J connectivity index is 1.53. The molecule has 3 amide bonds. The lowest BCUT2D eigenvalue weighted by Crippen LogP contribution is -2.46. The molecule has 1 aromatic rings. The third-order valence-electron chi connectivity index (χ3n) is 4.54. The second kappa shape index (κ2) is 7.72. The number of methoxy groups -OCH3 is 1. The number of fused-ring (bicyclic) bond motifs is 1. The first-order valence-corrected chi connectivity index (χ1v) is 9.47. The quantitative estimate of drug-likeness (QED) is 0.691. The maximum atomic E-state index is 12.7. The van der Waals surface area contributed by atoms with E-state index in [1.807, 2.05) is 0 Å². The Bertz CT molecular complexity index is 864. The van der Waals surface area contributed by atoms with Crippen LogP contribution in [0.3, 0.4) is 0 Å². The highest BCUT2D eigenvalue weighted by atomic mass is 32.2. The van der Waals surface area contributed by atoms with Crippen molar-refractivity contribution in [2.75, 3.05) is 46.8 Å². The molecule has 148 valence electrons. The maximum absolute atomic E-state index is 12.7. The number of rotatable bonds is 4. The van der Waals surface area contributed by atoms with Crippen LogP contribution in [0.15, 0.2) is 17.0 Å². The molecule has 0 unspecified atom stereocenters. The molecule has 3 aliphatic heterocycles. The molecule has 0 atom stereocenters. The molecular formula is C18H18N2O7S. The van der Waals surface area contributed by atoms with E-state index in [4.69, 9.17) is 18.9 Å². The SMILES string of the molecule is COc1cc2c(cc1/C=C1\SC(=O)N(CC(=O)N3CCOCC3)C1=O)OCO2. The summed E-state index contributed by atoms with van der Waals surface area (Å²) in [6.45, 7) is 1.66. The smallest absolute Gasteiger partial charge is 0.294 e. The van der Waals surface area contributed by atoms with Crippen molar-refractivity contribution in [1.29, 1.82) is 0 Å². The summed E-state index contributed by atoms with van der Waals surface area (Å²) in [5, 5.41) is -0.474. The molecule has 2 saturated heterocycles. The van der Waals surface area contributed by atoms with Crippen molar-refractivity contribution in [1.82, 2.24) is 9.80 Å². The van der Waals surface area contributed by atoms with Crippen LogP contribution in [0.1, 0.15) is 5.56 Å². The van der Waals surface area contributed by atoms with E-state index in [0.29, 0.717) is 49.1 Å². The minimum atomic E-state index is -0.503. The van der Waals surface area contributed by atoms with Gasteiger partial charge >= 0.3 is 0 Å². The summed E-state index contributed by atoms with van der Waals surface area (Å²) in [6, 6.07) is 3.36. The summed E-state index contributed by atoms with van der Waals surface area (Å²) in [5.74, 6) is 0.802. The number of carbonyl (C=O) groups is 3. The number of hydrogen-bond donors (Lipinski definition) is 0. The van der Waals surface area contributed by atoms with E-state index in [0.717, 1.165) is 16.7 Å². The van der Waals surface area contributed by atoms with E-state index in [1.165, 1.54) is 7.11 Å². The molecule has 0 bridgehead atoms. The Hall–Kier alpha value is -2.72. The summed E-state index contributed by atoms with van der Waals surface area (Å²) >= 11 is 0.793. The van der Waals surface area contributed by atoms with Crippen molar-refractivity contribution in [2.45, 2.75) is 0 Å². The van der Waals surface area contributed by atoms with Crippen LogP contribution in [0.4, 0.5) is 4.79 Å². The molecule has 0 radical (unpaired) electrons. The fourth-order valence-electron chi connectivity index (χ4n) is 3.05. The number of morpholine rings is 1. The maximum Gasteiger partial charge on any atom is 0.294 e. The minimum absolute atomic E-state index is 0.113. The second-order valence-electron chi connectivity index (χ2n) is 6.21. The lowest BCUT2D eigenvalue weighted by molar-refractivity contribution is -0.139. The number of thioether (sulfide) groups is 1. The number of ether oxygens (including phenoxy) is 4. The van der Waals surface area contributed by atoms with Gasteiger partial charge in [0.1, 0.15) is 12.3 Å². The molecule has 3 aliphatic rings. The lowest BCUT2D eigenvalue weighted by atomic mass is 10.1. The Kier molecular flexibility index (Phi) is 5.14. The Labute approximate surface area is 165 Å². The van der Waals surface area contributed by atoms with Gasteiger partial charge in [0.05, 0.1) is 25.2 Å². The Morgan fingerprint density at radius 1 is 1.21 bits per heavy atom. The number of hydrogen-bond acceptors (Lipinski definition) is 8. The van der Waals surface area contributed by atoms with Gasteiger partial charge in [0.25, 0.3) is 11.1 Å². The molecule has 3 heterocycles. The standard InChI is InChI=1S/C18H18N2O7S/c1-24-12-8-14-13(26-10-27-14)6-11(12)7-15-17(22)20(18(23)28-15)9-16(21)19-2-4-25-5-3-19/h6-8H,2-5,9-10H2,1H3/b15-7-. The number of benzene rings is 1. The first-order valence-electron chi connectivity index (χ1n) is 8.65. The highest BCUT2D eigenvalue weighted by molar-refractivity contribution is 8.18. The van der Waals surface area contributed by atoms with Gasteiger partial charge in [0.2, 0.25) is 12.7 Å². The summed E-state index contributed by atoms with van der Waals surface area (Å²) in [5.41, 5.74) is 0.580. The molecule has 0 spiro atoms. The van der Waals surface area contributed by atoms with Crippen LogP contribution < -0.4 is 14.2 Å². The van der Waals surface area contributed by atoms with Gasteiger partial charge in [-0.3, -0.25) is 19.3 Å². The fourth-order valence-corrected chi connectivity index (χ4v) is 3.88. The highest BCUT2D eigenvalue weighted by Crippen LogP contribution is 2.40. The molecule has 0 aromatic heterocycles. The number of carbonyl (C=O) groups excluding carboxylic acids is 3. The van der Waals surface area contributed by atoms with Crippen LogP contribution in [0.2, 0.25) is 0 Å². The largest absolute Gasteiger partial charge is 0.496 e. The van der Waals surface area contributed by atoms with E-state index in [-0.39, 0.29) is 24.2 Å². The van der Waals surface area contributed by atoms with Gasteiger partial charge in [0.15, 0.2) is 11.5 Å². The van der Waals surface area contributed by atoms with Gasteiger partial charge in [0, 0.05) is 24.7 Å². The summed E-state index contributed by atoms with van der Waals surface area (Å²) in [7, 11) is 1.50. The molecule has 0 aliphatic carbocycles. The molecule has 1 aromatic carbocycles. The van der Waals surface area contributed by atoms with Gasteiger partial charge in [-0.15, -0.1) is 0 Å². The molecule has 0 saturated carbocycles. The number of nitrogens with zero attached hydrogens (tertiary/aromatic N) is 2. The second-order valence-corrected chi connectivity index (χ2v) is 7.20. The van der Waals surface area contributed by atoms with Gasteiger partial charge < -0.3 is 23.8 Å². The minimum Gasteiger partial charge on any atom is -0.496 e. The van der Waals surface area contributed by atoms with E-state index in [2.05, 4.69) is 0 Å². The topological polar surface area (TPSA) is 94.6 Å². The van der Waals surface area contributed by atoms with Crippen molar-refractivity contribution in [3.8, 4) is 17.2 Å². The molecule has 0 N–H and O–H groups in total. The third-order valence-corrected chi connectivity index (χ3v) is 5.45. The first-order chi connectivity index (χ1) is 13.6. The fraction of sp³-hybridized carbons (Fsp3) is 0.389. The van der Waals surface area contributed by atoms with Gasteiger partial charge in [-0.1, -0.05) is 0 Å². The van der Waals surface area contributed by atoms with Crippen molar-refractivity contribution in [2.24, 2.45) is 0 Å². The Morgan fingerprint density at radius 3 is 2.64 bits per heavy atom. The van der Waals surface area contributed by atoms with Gasteiger partial charge in [-0.05, 0) is 23.9 Å². The summed E-state index contributed by atoms with van der Waals surface area (Å²) in [4.78, 5) is 40.2. The Morgan fingerprint density at radius 2 is 1.93 bits per heavy atom. The molecule has 9 nitrogen and oxygen atoms in total. The molecule has 2 fully saturated rings. The summed E-state index contributed by atoms with van der Waals surface area (Å²) in [6.07, 6.45) is 1.56. The van der Waals surface area contributed by atoms with Gasteiger partial charge in [-0.2, -0.15) is 0 Å². The first kappa shape index (κ1) is 18.6. The highest BCUT2D eigenvalue weighted by Gasteiger charge is 2.37. The predicted molar refractivity (Wildman–Crippen MR) is 99.2 cm³/mol. The van der Waals surface area contributed by atoms with Crippen LogP contribution in [0.5, 0.6) is 17.2 Å². The molecule has 4 rings (SSSR count). The molecular weight excluding hydrogens is 388 g/mol. The summed E-state index contributed by atoms with van der Waals surface area (Å²) < 4.78 is 21.2. The van der Waals surface area contributed by atoms with E-state index in [1.54, 1.807) is 23.1 Å². The van der Waals surface area contributed by atoms with Gasteiger partial charge in [-0.25, -0.2) is 0 Å². The normalized spacial score (nSPS) is 20.2. The zero-order valence-electron chi connectivity index (χ0n) is 15.1. The van der Waals surface area contributed by atoms with Crippen molar-refractivity contribution in [3.63, 3.8) is 0 Å². The lowest BCUT2D eigenvalue weighted by Gasteiger charge is -2.28. The van der Waals surface area contributed by atoms with Crippen molar-refractivity contribution < 1.29 is 33.3 Å². The number of imide groups is 1. The van der Waals surface area contributed by atoms with Crippen LogP contribution in [-0.4, -0.2) is 73.6 Å². The van der Waals surface area contributed by atoms with Crippen LogP contribution in [0.25, 0.3) is 6.08 Å². The van der Waals surface area contributed by atoms with Crippen LogP contribution in [0, 0.1) is 0 Å². The monoisotopic (exact) mass is 406 g/mol. The van der Waals surface area contributed by atoms with E-state index in [9.17, 15) is 14.4 Å². The van der Waals surface area contributed by atoms with Crippen molar-refractivity contribution in [3.05, 3.63) is 22.6 Å².